The third-order valence-corrected chi connectivity index (χ3v) is 6.90. The van der Waals surface area contributed by atoms with Crippen LogP contribution in [0.2, 0.25) is 0 Å². The largest absolute Gasteiger partial charge is 0.0920 e. The second kappa shape index (κ2) is 7.35. The molecule has 0 nitrogen and oxygen atoms in total. The molecule has 0 spiro atoms. The Kier molecular flexibility index (Phi) is 5.81. The van der Waals surface area contributed by atoms with Crippen molar-refractivity contribution >= 4 is 18.5 Å². The second-order valence-corrected chi connectivity index (χ2v) is 10.1. The van der Waals surface area contributed by atoms with Gasteiger partial charge in [0, 0.05) is 13.3 Å². The molecule has 0 saturated carbocycles. The van der Waals surface area contributed by atoms with Crippen LogP contribution in [0, 0.1) is 58.5 Å². The van der Waals surface area contributed by atoms with Gasteiger partial charge in [0.05, 0.1) is 0 Å². The SMILES string of the molecule is Cc1cc(C)c(P(C#CC(C)(C)C)c2c(C)cc(C)cc2C)c(C)c1. The fraction of sp³-hybridized carbons (Fsp3) is 0.417. The summed E-state index contributed by atoms with van der Waals surface area (Å²) in [6, 6.07) is 9.20. The van der Waals surface area contributed by atoms with E-state index in [-0.39, 0.29) is 5.41 Å². The Labute approximate surface area is 155 Å². The van der Waals surface area contributed by atoms with Crippen molar-refractivity contribution in [3.8, 4) is 11.6 Å². The summed E-state index contributed by atoms with van der Waals surface area (Å²) in [5, 5.41) is 2.87. The third-order valence-electron chi connectivity index (χ3n) is 4.26. The molecule has 0 N–H and O–H groups in total. The molecule has 0 aliphatic rings. The lowest BCUT2D eigenvalue weighted by molar-refractivity contribution is 0.571. The summed E-state index contributed by atoms with van der Waals surface area (Å²) in [6.45, 7) is 19.9. The molecule has 2 aromatic carbocycles. The molecule has 0 bridgehead atoms. The number of aryl methyl sites for hydroxylation is 6. The lowest BCUT2D eigenvalue weighted by atomic mass is 9.99. The Hall–Kier alpha value is -1.57. The topological polar surface area (TPSA) is 0 Å². The fourth-order valence-corrected chi connectivity index (χ4v) is 6.06. The molecule has 0 fully saturated rings. The first kappa shape index (κ1) is 19.8. The van der Waals surface area contributed by atoms with Crippen molar-refractivity contribution < 1.29 is 0 Å². The molecular weight excluding hydrogens is 319 g/mol. The van der Waals surface area contributed by atoms with Gasteiger partial charge in [-0.25, -0.2) is 0 Å². The fourth-order valence-electron chi connectivity index (χ4n) is 3.50. The lowest BCUT2D eigenvalue weighted by Crippen LogP contribution is -2.21. The maximum Gasteiger partial charge on any atom is 0.0355 e. The summed E-state index contributed by atoms with van der Waals surface area (Å²) in [6.07, 6.45) is 0. The van der Waals surface area contributed by atoms with E-state index in [4.69, 9.17) is 0 Å². The molecule has 0 aliphatic carbocycles. The van der Waals surface area contributed by atoms with E-state index in [1.54, 1.807) is 0 Å². The maximum absolute atomic E-state index is 3.71. The first-order chi connectivity index (χ1) is 11.5. The Morgan fingerprint density at radius 3 is 1.24 bits per heavy atom. The van der Waals surface area contributed by atoms with Crippen LogP contribution in [0.1, 0.15) is 54.2 Å². The van der Waals surface area contributed by atoms with Crippen molar-refractivity contribution in [1.82, 2.24) is 0 Å². The van der Waals surface area contributed by atoms with Gasteiger partial charge in [-0.05, 0) is 95.2 Å². The molecule has 0 unspecified atom stereocenters. The van der Waals surface area contributed by atoms with Crippen LogP contribution in [-0.2, 0) is 0 Å². The van der Waals surface area contributed by atoms with E-state index in [2.05, 4.69) is 98.2 Å². The predicted octanol–water partition coefficient (Wildman–Crippen LogP) is 5.98. The zero-order chi connectivity index (χ0) is 18.9. The highest BCUT2D eigenvalue weighted by Gasteiger charge is 2.21. The molecular formula is C24H31P. The minimum absolute atomic E-state index is 0.0135. The van der Waals surface area contributed by atoms with Gasteiger partial charge < -0.3 is 0 Å². The predicted molar refractivity (Wildman–Crippen MR) is 115 cm³/mol. The number of hydrogen-bond acceptors (Lipinski definition) is 0. The summed E-state index contributed by atoms with van der Waals surface area (Å²) >= 11 is 0. The van der Waals surface area contributed by atoms with Gasteiger partial charge in [-0.3, -0.25) is 0 Å². The molecule has 1 heteroatoms. The van der Waals surface area contributed by atoms with Gasteiger partial charge in [0.2, 0.25) is 0 Å². The van der Waals surface area contributed by atoms with E-state index < -0.39 is 7.92 Å². The van der Waals surface area contributed by atoms with Gasteiger partial charge in [0.1, 0.15) is 0 Å². The Balaban J connectivity index is 2.79. The quantitative estimate of drug-likeness (QED) is 0.462. The summed E-state index contributed by atoms with van der Waals surface area (Å²) in [5.74, 6) is 3.54. The van der Waals surface area contributed by atoms with Crippen molar-refractivity contribution in [2.75, 3.05) is 0 Å². The van der Waals surface area contributed by atoms with Crippen molar-refractivity contribution in [2.24, 2.45) is 5.41 Å². The van der Waals surface area contributed by atoms with Crippen LogP contribution in [0.5, 0.6) is 0 Å². The van der Waals surface area contributed by atoms with E-state index in [0.717, 1.165) is 0 Å². The number of rotatable bonds is 2. The number of benzene rings is 2. The van der Waals surface area contributed by atoms with Gasteiger partial charge in [0.15, 0.2) is 0 Å². The van der Waals surface area contributed by atoms with Crippen LogP contribution < -0.4 is 10.6 Å². The smallest absolute Gasteiger partial charge is 0.0355 e. The highest BCUT2D eigenvalue weighted by Crippen LogP contribution is 2.38. The number of hydrogen-bond donors (Lipinski definition) is 0. The Morgan fingerprint density at radius 1 is 0.640 bits per heavy atom. The molecule has 132 valence electrons. The third kappa shape index (κ3) is 4.74. The molecule has 0 radical (unpaired) electrons. The van der Waals surface area contributed by atoms with Crippen molar-refractivity contribution in [3.05, 3.63) is 57.6 Å². The van der Waals surface area contributed by atoms with Crippen LogP contribution in [0.15, 0.2) is 24.3 Å². The van der Waals surface area contributed by atoms with E-state index >= 15 is 0 Å². The molecule has 0 aliphatic heterocycles. The van der Waals surface area contributed by atoms with Crippen LogP contribution in [0.4, 0.5) is 0 Å². The summed E-state index contributed by atoms with van der Waals surface area (Å²) in [5.41, 5.74) is 11.8. The minimum atomic E-state index is -0.684. The van der Waals surface area contributed by atoms with E-state index in [9.17, 15) is 0 Å². The zero-order valence-electron chi connectivity index (χ0n) is 17.3. The molecule has 0 amide bonds. The monoisotopic (exact) mass is 350 g/mol. The van der Waals surface area contributed by atoms with Gasteiger partial charge in [-0.2, -0.15) is 0 Å². The van der Waals surface area contributed by atoms with Crippen LogP contribution in [-0.4, -0.2) is 0 Å². The van der Waals surface area contributed by atoms with Crippen LogP contribution >= 0.6 is 7.92 Å². The lowest BCUT2D eigenvalue weighted by Gasteiger charge is -2.23. The average Bonchev–Trinajstić information content (AvgIpc) is 2.40. The Bertz CT molecular complexity index is 750. The zero-order valence-corrected chi connectivity index (χ0v) is 18.2. The summed E-state index contributed by atoms with van der Waals surface area (Å²) < 4.78 is 0. The molecule has 2 aromatic rings. The Morgan fingerprint density at radius 2 is 0.960 bits per heavy atom. The molecule has 0 saturated heterocycles. The van der Waals surface area contributed by atoms with Crippen LogP contribution in [0.25, 0.3) is 0 Å². The average molecular weight is 350 g/mol. The normalized spacial score (nSPS) is 11.4. The molecule has 0 heterocycles. The van der Waals surface area contributed by atoms with Crippen molar-refractivity contribution in [1.29, 1.82) is 0 Å². The van der Waals surface area contributed by atoms with Crippen LogP contribution in [0.3, 0.4) is 0 Å². The van der Waals surface area contributed by atoms with E-state index in [0.29, 0.717) is 0 Å². The standard InChI is InChI=1S/C24H31P/c1-16-12-18(3)22(19(4)13-16)25(11-10-24(7,8)9)23-20(5)14-17(2)15-21(23)6/h12-15H,1-9H3. The highest BCUT2D eigenvalue weighted by molar-refractivity contribution is 7.77. The first-order valence-corrected chi connectivity index (χ1v) is 10.3. The van der Waals surface area contributed by atoms with E-state index in [1.807, 2.05) is 0 Å². The van der Waals surface area contributed by atoms with Crippen molar-refractivity contribution in [3.63, 3.8) is 0 Å². The molecule has 0 atom stereocenters. The second-order valence-electron chi connectivity index (χ2n) is 8.32. The minimum Gasteiger partial charge on any atom is -0.0920 e. The van der Waals surface area contributed by atoms with Crippen molar-refractivity contribution in [2.45, 2.75) is 62.3 Å². The van der Waals surface area contributed by atoms with Gasteiger partial charge in [-0.15, -0.1) is 0 Å². The molecule has 2 rings (SSSR count). The van der Waals surface area contributed by atoms with Gasteiger partial charge >= 0.3 is 0 Å². The summed E-state index contributed by atoms with van der Waals surface area (Å²) in [4.78, 5) is 0. The summed E-state index contributed by atoms with van der Waals surface area (Å²) in [7, 11) is -0.684. The van der Waals surface area contributed by atoms with Gasteiger partial charge in [0.25, 0.3) is 0 Å². The van der Waals surface area contributed by atoms with E-state index in [1.165, 1.54) is 44.0 Å². The first-order valence-electron chi connectivity index (χ1n) is 8.98. The molecule has 25 heavy (non-hydrogen) atoms. The maximum atomic E-state index is 3.71. The highest BCUT2D eigenvalue weighted by atomic mass is 31.1. The van der Waals surface area contributed by atoms with Gasteiger partial charge in [-0.1, -0.05) is 47.0 Å². The molecule has 0 aromatic heterocycles.